The molecule has 15 heavy (non-hydrogen) atoms. The van der Waals surface area contributed by atoms with Gasteiger partial charge in [0, 0.05) is 17.5 Å². The second kappa shape index (κ2) is 4.93. The number of hydrogen-bond donors (Lipinski definition) is 1. The Hall–Kier alpha value is -0.630. The van der Waals surface area contributed by atoms with Crippen molar-refractivity contribution in [2.75, 3.05) is 16.8 Å². The third kappa shape index (κ3) is 2.91. The van der Waals surface area contributed by atoms with Gasteiger partial charge in [-0.15, -0.1) is 0 Å². The van der Waals surface area contributed by atoms with Crippen LogP contribution in [0.1, 0.15) is 31.7 Å². The highest BCUT2D eigenvalue weighted by Gasteiger charge is 2.14. The first-order valence-corrected chi connectivity index (χ1v) is 6.85. The first-order chi connectivity index (χ1) is 7.25. The Morgan fingerprint density at radius 1 is 1.40 bits per heavy atom. The van der Waals surface area contributed by atoms with E-state index in [-0.39, 0.29) is 0 Å². The van der Waals surface area contributed by atoms with Crippen molar-refractivity contribution in [2.45, 2.75) is 32.2 Å². The number of benzene rings is 1. The van der Waals surface area contributed by atoms with Gasteiger partial charge in [-0.2, -0.15) is 11.8 Å². The van der Waals surface area contributed by atoms with Crippen LogP contribution in [0.2, 0.25) is 0 Å². The highest BCUT2D eigenvalue weighted by molar-refractivity contribution is 7.99. The van der Waals surface area contributed by atoms with Gasteiger partial charge in [-0.05, 0) is 35.8 Å². The van der Waals surface area contributed by atoms with E-state index in [1.807, 2.05) is 11.8 Å². The quantitative estimate of drug-likeness (QED) is 0.834. The summed E-state index contributed by atoms with van der Waals surface area (Å²) in [5.74, 6) is 3.18. The van der Waals surface area contributed by atoms with Gasteiger partial charge in [-0.1, -0.05) is 26.0 Å². The summed E-state index contributed by atoms with van der Waals surface area (Å²) >= 11 is 2.05. The van der Waals surface area contributed by atoms with Crippen LogP contribution in [0, 0.1) is 0 Å². The lowest BCUT2D eigenvalue weighted by atomic mass is 10.0. The molecule has 1 nitrogen and oxygen atoms in total. The maximum atomic E-state index is 3.62. The maximum absolute atomic E-state index is 3.62. The number of anilines is 1. The molecule has 1 aromatic rings. The fourth-order valence-corrected chi connectivity index (χ4v) is 3.02. The fraction of sp³-hybridized carbons (Fsp3) is 0.538. The number of hydrogen-bond acceptors (Lipinski definition) is 2. The second-order valence-electron chi connectivity index (χ2n) is 4.49. The van der Waals surface area contributed by atoms with E-state index in [2.05, 4.69) is 43.4 Å². The van der Waals surface area contributed by atoms with Crippen LogP contribution in [-0.2, 0) is 0 Å². The van der Waals surface area contributed by atoms with Gasteiger partial charge in [-0.3, -0.25) is 0 Å². The van der Waals surface area contributed by atoms with Crippen molar-refractivity contribution in [3.05, 3.63) is 29.8 Å². The Morgan fingerprint density at radius 3 is 2.93 bits per heavy atom. The van der Waals surface area contributed by atoms with Crippen molar-refractivity contribution in [3.8, 4) is 0 Å². The Bertz CT molecular complexity index is 316. The molecule has 2 rings (SSSR count). The Labute approximate surface area is 96.7 Å². The van der Waals surface area contributed by atoms with Crippen molar-refractivity contribution in [1.29, 1.82) is 0 Å². The highest BCUT2D eigenvalue weighted by atomic mass is 32.2. The molecule has 1 atom stereocenters. The molecule has 2 heteroatoms. The number of thioether (sulfide) groups is 1. The van der Waals surface area contributed by atoms with E-state index >= 15 is 0 Å². The molecule has 1 N–H and O–H groups in total. The van der Waals surface area contributed by atoms with Gasteiger partial charge in [0.15, 0.2) is 0 Å². The summed E-state index contributed by atoms with van der Waals surface area (Å²) in [5, 5.41) is 3.62. The zero-order valence-electron chi connectivity index (χ0n) is 9.49. The molecule has 0 aromatic heterocycles. The molecule has 1 aliphatic heterocycles. The molecule has 1 aliphatic rings. The highest BCUT2D eigenvalue weighted by Crippen LogP contribution is 2.23. The summed E-state index contributed by atoms with van der Waals surface area (Å²) in [7, 11) is 0. The monoisotopic (exact) mass is 221 g/mol. The van der Waals surface area contributed by atoms with Crippen LogP contribution in [0.3, 0.4) is 0 Å². The summed E-state index contributed by atoms with van der Waals surface area (Å²) in [4.78, 5) is 0. The predicted molar refractivity (Wildman–Crippen MR) is 69.9 cm³/mol. The van der Waals surface area contributed by atoms with Crippen molar-refractivity contribution in [2.24, 2.45) is 0 Å². The van der Waals surface area contributed by atoms with Crippen LogP contribution in [0.5, 0.6) is 0 Å². The smallest absolute Gasteiger partial charge is 0.0359 e. The third-order valence-corrected chi connectivity index (χ3v) is 4.02. The molecular weight excluding hydrogens is 202 g/mol. The van der Waals surface area contributed by atoms with Gasteiger partial charge in [-0.25, -0.2) is 0 Å². The van der Waals surface area contributed by atoms with Crippen LogP contribution in [0.4, 0.5) is 5.69 Å². The topological polar surface area (TPSA) is 12.0 Å². The molecule has 1 fully saturated rings. The second-order valence-corrected chi connectivity index (χ2v) is 5.63. The molecule has 0 bridgehead atoms. The van der Waals surface area contributed by atoms with Crippen LogP contribution < -0.4 is 5.32 Å². The molecule has 1 heterocycles. The minimum Gasteiger partial charge on any atom is -0.381 e. The van der Waals surface area contributed by atoms with Crippen molar-refractivity contribution < 1.29 is 0 Å². The molecule has 0 saturated carbocycles. The SMILES string of the molecule is CC(C)c1cccc(NC2CCSC2)c1. The number of nitrogens with one attached hydrogen (secondary N) is 1. The van der Waals surface area contributed by atoms with E-state index < -0.39 is 0 Å². The van der Waals surface area contributed by atoms with Crippen LogP contribution in [0.15, 0.2) is 24.3 Å². The zero-order chi connectivity index (χ0) is 10.7. The summed E-state index contributed by atoms with van der Waals surface area (Å²) in [6.45, 7) is 4.48. The lowest BCUT2D eigenvalue weighted by molar-refractivity contribution is 0.810. The molecule has 1 saturated heterocycles. The van der Waals surface area contributed by atoms with Gasteiger partial charge in [0.05, 0.1) is 0 Å². The lowest BCUT2D eigenvalue weighted by Crippen LogP contribution is -2.18. The van der Waals surface area contributed by atoms with Gasteiger partial charge in [0.2, 0.25) is 0 Å². The van der Waals surface area contributed by atoms with Crippen LogP contribution in [-0.4, -0.2) is 17.5 Å². The first kappa shape index (κ1) is 10.9. The zero-order valence-corrected chi connectivity index (χ0v) is 10.3. The van der Waals surface area contributed by atoms with E-state index in [1.165, 1.54) is 29.2 Å². The van der Waals surface area contributed by atoms with E-state index in [1.54, 1.807) is 0 Å². The van der Waals surface area contributed by atoms with E-state index in [9.17, 15) is 0 Å². The number of rotatable bonds is 3. The lowest BCUT2D eigenvalue weighted by Gasteiger charge is -2.14. The molecule has 1 aromatic carbocycles. The summed E-state index contributed by atoms with van der Waals surface area (Å²) < 4.78 is 0. The Kier molecular flexibility index (Phi) is 3.57. The van der Waals surface area contributed by atoms with Crippen LogP contribution >= 0.6 is 11.8 Å². The Morgan fingerprint density at radius 2 is 2.27 bits per heavy atom. The Balaban J connectivity index is 2.04. The van der Waals surface area contributed by atoms with Crippen molar-refractivity contribution in [1.82, 2.24) is 0 Å². The standard InChI is InChI=1S/C13H19NS/c1-10(2)11-4-3-5-12(8-11)14-13-6-7-15-9-13/h3-5,8,10,13-14H,6-7,9H2,1-2H3. The average molecular weight is 221 g/mol. The van der Waals surface area contributed by atoms with E-state index in [4.69, 9.17) is 0 Å². The predicted octanol–water partition coefficient (Wildman–Crippen LogP) is 3.73. The normalized spacial score (nSPS) is 20.9. The van der Waals surface area contributed by atoms with Gasteiger partial charge < -0.3 is 5.32 Å². The van der Waals surface area contributed by atoms with Gasteiger partial charge in [0.1, 0.15) is 0 Å². The molecule has 82 valence electrons. The molecular formula is C13H19NS. The van der Waals surface area contributed by atoms with Crippen molar-refractivity contribution >= 4 is 17.4 Å². The molecule has 0 amide bonds. The fourth-order valence-electron chi connectivity index (χ4n) is 1.87. The minimum absolute atomic E-state index is 0.615. The summed E-state index contributed by atoms with van der Waals surface area (Å²) in [6.07, 6.45) is 1.30. The molecule has 0 aliphatic carbocycles. The molecule has 1 unspecified atom stereocenters. The average Bonchev–Trinajstić information content (AvgIpc) is 2.71. The maximum Gasteiger partial charge on any atom is 0.0359 e. The van der Waals surface area contributed by atoms with Gasteiger partial charge >= 0.3 is 0 Å². The van der Waals surface area contributed by atoms with Gasteiger partial charge in [0.25, 0.3) is 0 Å². The summed E-state index contributed by atoms with van der Waals surface area (Å²) in [6, 6.07) is 9.50. The van der Waals surface area contributed by atoms with E-state index in [0.29, 0.717) is 12.0 Å². The summed E-state index contributed by atoms with van der Waals surface area (Å²) in [5.41, 5.74) is 2.71. The van der Waals surface area contributed by atoms with E-state index in [0.717, 1.165) is 0 Å². The van der Waals surface area contributed by atoms with Crippen molar-refractivity contribution in [3.63, 3.8) is 0 Å². The first-order valence-electron chi connectivity index (χ1n) is 5.70. The molecule has 0 radical (unpaired) electrons. The largest absolute Gasteiger partial charge is 0.381 e. The van der Waals surface area contributed by atoms with Crippen LogP contribution in [0.25, 0.3) is 0 Å². The minimum atomic E-state index is 0.615. The third-order valence-electron chi connectivity index (χ3n) is 2.85. The molecule has 0 spiro atoms.